The number of benzene rings is 1. The number of carbonyl (C=O) groups excluding carboxylic acids is 1. The number of amides is 1. The molecule has 94 valence electrons. The van der Waals surface area contributed by atoms with E-state index in [1.165, 1.54) is 5.56 Å². The Labute approximate surface area is 103 Å². The minimum atomic E-state index is -0.0762. The van der Waals surface area contributed by atoms with Crippen LogP contribution < -0.4 is 5.32 Å². The third-order valence-corrected chi connectivity index (χ3v) is 2.47. The Balaban J connectivity index is 2.48. The Morgan fingerprint density at radius 3 is 2.65 bits per heavy atom. The van der Waals surface area contributed by atoms with Crippen molar-refractivity contribution in [3.8, 4) is 0 Å². The van der Waals surface area contributed by atoms with E-state index in [4.69, 9.17) is 4.74 Å². The zero-order valence-electron chi connectivity index (χ0n) is 11.0. The van der Waals surface area contributed by atoms with Gasteiger partial charge in [0.05, 0.1) is 12.1 Å². The van der Waals surface area contributed by atoms with Gasteiger partial charge in [0.15, 0.2) is 0 Å². The van der Waals surface area contributed by atoms with E-state index in [-0.39, 0.29) is 24.7 Å². The molecule has 3 heteroatoms. The lowest BCUT2D eigenvalue weighted by atomic mass is 10.1. The van der Waals surface area contributed by atoms with Crippen molar-refractivity contribution in [1.29, 1.82) is 0 Å². The van der Waals surface area contributed by atoms with E-state index in [1.54, 1.807) is 0 Å². The molecular formula is C14H21NO2. The lowest BCUT2D eigenvalue weighted by molar-refractivity contribution is -0.127. The van der Waals surface area contributed by atoms with Crippen molar-refractivity contribution in [2.75, 3.05) is 6.61 Å². The van der Waals surface area contributed by atoms with Gasteiger partial charge in [-0.05, 0) is 33.3 Å². The molecule has 0 saturated heterocycles. The molecule has 0 saturated carbocycles. The van der Waals surface area contributed by atoms with Crippen LogP contribution in [0.5, 0.6) is 0 Å². The van der Waals surface area contributed by atoms with E-state index in [2.05, 4.69) is 11.4 Å². The molecule has 3 nitrogen and oxygen atoms in total. The second kappa shape index (κ2) is 6.40. The first-order valence-corrected chi connectivity index (χ1v) is 5.96. The molecule has 0 heterocycles. The minimum absolute atomic E-state index is 0.0122. The molecule has 1 aromatic rings. The predicted molar refractivity (Wildman–Crippen MR) is 68.8 cm³/mol. The highest BCUT2D eigenvalue weighted by Gasteiger charge is 2.10. The highest BCUT2D eigenvalue weighted by atomic mass is 16.5. The van der Waals surface area contributed by atoms with Gasteiger partial charge < -0.3 is 10.1 Å². The standard InChI is InChI=1S/C14H21NO2/c1-10(2)17-9-14(16)15-12(4)13-7-5-6-11(3)8-13/h5-8,10,12H,9H2,1-4H3,(H,15,16)/t12-/m0/s1. The molecule has 1 amide bonds. The molecule has 0 spiro atoms. The highest BCUT2D eigenvalue weighted by molar-refractivity contribution is 5.77. The fraction of sp³-hybridized carbons (Fsp3) is 0.500. The summed E-state index contributed by atoms with van der Waals surface area (Å²) in [6.45, 7) is 7.96. The molecule has 0 bridgehead atoms. The number of ether oxygens (including phenoxy) is 1. The Morgan fingerprint density at radius 1 is 1.35 bits per heavy atom. The Bertz CT molecular complexity index is 374. The van der Waals surface area contributed by atoms with E-state index < -0.39 is 0 Å². The minimum Gasteiger partial charge on any atom is -0.369 e. The molecule has 1 atom stereocenters. The summed E-state index contributed by atoms with van der Waals surface area (Å²) in [7, 11) is 0. The van der Waals surface area contributed by atoms with Gasteiger partial charge in [0.2, 0.25) is 5.91 Å². The van der Waals surface area contributed by atoms with Gasteiger partial charge in [0.1, 0.15) is 6.61 Å². The summed E-state index contributed by atoms with van der Waals surface area (Å²) in [5.41, 5.74) is 2.31. The van der Waals surface area contributed by atoms with Crippen molar-refractivity contribution in [3.05, 3.63) is 35.4 Å². The van der Waals surface area contributed by atoms with Crippen molar-refractivity contribution in [2.24, 2.45) is 0 Å². The van der Waals surface area contributed by atoms with E-state index in [0.29, 0.717) is 0 Å². The van der Waals surface area contributed by atoms with Crippen LogP contribution in [0, 0.1) is 6.92 Å². The lowest BCUT2D eigenvalue weighted by Crippen LogP contribution is -2.31. The Morgan fingerprint density at radius 2 is 2.06 bits per heavy atom. The van der Waals surface area contributed by atoms with Gasteiger partial charge in [-0.2, -0.15) is 0 Å². The summed E-state index contributed by atoms with van der Waals surface area (Å²) in [5.74, 6) is -0.0762. The van der Waals surface area contributed by atoms with Crippen LogP contribution in [-0.4, -0.2) is 18.6 Å². The molecule has 1 N–H and O–H groups in total. The molecular weight excluding hydrogens is 214 g/mol. The van der Waals surface area contributed by atoms with Crippen LogP contribution in [-0.2, 0) is 9.53 Å². The van der Waals surface area contributed by atoms with E-state index in [0.717, 1.165) is 5.56 Å². The average Bonchev–Trinajstić information content (AvgIpc) is 2.26. The molecule has 0 aliphatic carbocycles. The van der Waals surface area contributed by atoms with Crippen LogP contribution in [0.1, 0.15) is 37.9 Å². The summed E-state index contributed by atoms with van der Waals surface area (Å²) in [6, 6.07) is 8.14. The molecule has 0 aliphatic rings. The summed E-state index contributed by atoms with van der Waals surface area (Å²) >= 11 is 0. The molecule has 17 heavy (non-hydrogen) atoms. The van der Waals surface area contributed by atoms with E-state index in [1.807, 2.05) is 45.9 Å². The Kier molecular flexibility index (Phi) is 5.16. The number of aryl methyl sites for hydroxylation is 1. The molecule has 0 aliphatic heterocycles. The van der Waals surface area contributed by atoms with Gasteiger partial charge >= 0.3 is 0 Å². The van der Waals surface area contributed by atoms with Crippen LogP contribution in [0.2, 0.25) is 0 Å². The number of rotatable bonds is 5. The summed E-state index contributed by atoms with van der Waals surface area (Å²) in [6.07, 6.45) is 0.0787. The van der Waals surface area contributed by atoms with Gasteiger partial charge in [-0.25, -0.2) is 0 Å². The monoisotopic (exact) mass is 235 g/mol. The fourth-order valence-corrected chi connectivity index (χ4v) is 1.55. The maximum atomic E-state index is 11.6. The van der Waals surface area contributed by atoms with Gasteiger partial charge in [-0.3, -0.25) is 4.79 Å². The smallest absolute Gasteiger partial charge is 0.246 e. The predicted octanol–water partition coefficient (Wildman–Crippen LogP) is 2.60. The molecule has 0 unspecified atom stereocenters. The van der Waals surface area contributed by atoms with Crippen LogP contribution in [0.3, 0.4) is 0 Å². The van der Waals surface area contributed by atoms with Gasteiger partial charge in [-0.1, -0.05) is 29.8 Å². The molecule has 0 fully saturated rings. The first-order chi connectivity index (χ1) is 7.99. The van der Waals surface area contributed by atoms with Crippen LogP contribution >= 0.6 is 0 Å². The van der Waals surface area contributed by atoms with Gasteiger partial charge in [0, 0.05) is 0 Å². The first-order valence-electron chi connectivity index (χ1n) is 5.96. The zero-order valence-corrected chi connectivity index (χ0v) is 11.0. The van der Waals surface area contributed by atoms with E-state index in [9.17, 15) is 4.79 Å². The van der Waals surface area contributed by atoms with E-state index >= 15 is 0 Å². The fourth-order valence-electron chi connectivity index (χ4n) is 1.55. The highest BCUT2D eigenvalue weighted by Crippen LogP contribution is 2.13. The van der Waals surface area contributed by atoms with Crippen molar-refractivity contribution in [2.45, 2.75) is 39.8 Å². The maximum Gasteiger partial charge on any atom is 0.246 e. The van der Waals surface area contributed by atoms with Gasteiger partial charge in [0.25, 0.3) is 0 Å². The summed E-state index contributed by atoms with van der Waals surface area (Å²) < 4.78 is 5.25. The number of carbonyl (C=O) groups is 1. The topological polar surface area (TPSA) is 38.3 Å². The van der Waals surface area contributed by atoms with Crippen molar-refractivity contribution in [3.63, 3.8) is 0 Å². The second-order valence-corrected chi connectivity index (χ2v) is 4.56. The normalized spacial score (nSPS) is 12.5. The lowest BCUT2D eigenvalue weighted by Gasteiger charge is -2.15. The second-order valence-electron chi connectivity index (χ2n) is 4.56. The number of nitrogens with one attached hydrogen (secondary N) is 1. The van der Waals surface area contributed by atoms with Crippen molar-refractivity contribution < 1.29 is 9.53 Å². The SMILES string of the molecule is Cc1cccc([C@H](C)NC(=O)COC(C)C)c1. The van der Waals surface area contributed by atoms with Crippen molar-refractivity contribution in [1.82, 2.24) is 5.32 Å². The molecule has 1 rings (SSSR count). The molecule has 0 radical (unpaired) electrons. The molecule has 0 aromatic heterocycles. The summed E-state index contributed by atoms with van der Waals surface area (Å²) in [4.78, 5) is 11.6. The van der Waals surface area contributed by atoms with Crippen LogP contribution in [0.25, 0.3) is 0 Å². The largest absolute Gasteiger partial charge is 0.369 e. The first kappa shape index (κ1) is 13.7. The third-order valence-electron chi connectivity index (χ3n) is 2.47. The van der Waals surface area contributed by atoms with Crippen LogP contribution in [0.15, 0.2) is 24.3 Å². The average molecular weight is 235 g/mol. The third kappa shape index (κ3) is 5.00. The maximum absolute atomic E-state index is 11.6. The van der Waals surface area contributed by atoms with Crippen molar-refractivity contribution >= 4 is 5.91 Å². The van der Waals surface area contributed by atoms with Gasteiger partial charge in [-0.15, -0.1) is 0 Å². The van der Waals surface area contributed by atoms with Crippen LogP contribution in [0.4, 0.5) is 0 Å². The number of hydrogen-bond acceptors (Lipinski definition) is 2. The zero-order chi connectivity index (χ0) is 12.8. The quantitative estimate of drug-likeness (QED) is 0.852. The Hall–Kier alpha value is -1.35. The molecule has 1 aromatic carbocycles. The number of hydrogen-bond donors (Lipinski definition) is 1. The summed E-state index contributed by atoms with van der Waals surface area (Å²) in [5, 5.41) is 2.91.